The van der Waals surface area contributed by atoms with Crippen LogP contribution in [-0.4, -0.2) is 48.2 Å². The Balaban J connectivity index is 1.39. The first-order valence-corrected chi connectivity index (χ1v) is 8.56. The third-order valence-corrected chi connectivity index (χ3v) is 5.19. The number of para-hydroxylation sites is 1. The van der Waals surface area contributed by atoms with Crippen LogP contribution < -0.4 is 10.1 Å². The van der Waals surface area contributed by atoms with Gasteiger partial charge in [0.05, 0.1) is 12.0 Å². The molecule has 1 aromatic carbocycles. The summed E-state index contributed by atoms with van der Waals surface area (Å²) < 4.78 is 5.58. The molecule has 2 aliphatic rings. The highest BCUT2D eigenvalue weighted by Gasteiger charge is 2.55. The Morgan fingerprint density at radius 3 is 2.83 bits per heavy atom. The normalized spacial score (nSPS) is 25.3. The molecule has 0 aromatic heterocycles. The van der Waals surface area contributed by atoms with Crippen molar-refractivity contribution in [1.29, 1.82) is 0 Å². The van der Waals surface area contributed by atoms with Crippen LogP contribution >= 0.6 is 0 Å². The van der Waals surface area contributed by atoms with Gasteiger partial charge < -0.3 is 20.1 Å². The number of fused-ring (bicyclic) bond motifs is 1. The molecule has 1 aliphatic carbocycles. The van der Waals surface area contributed by atoms with E-state index in [0.29, 0.717) is 39.1 Å². The second-order valence-corrected chi connectivity index (χ2v) is 6.68. The average molecular weight is 332 g/mol. The molecule has 3 rings (SSSR count). The van der Waals surface area contributed by atoms with Gasteiger partial charge in [0, 0.05) is 19.6 Å². The van der Waals surface area contributed by atoms with Crippen molar-refractivity contribution in [2.75, 3.05) is 26.2 Å². The van der Waals surface area contributed by atoms with Crippen molar-refractivity contribution in [3.63, 3.8) is 0 Å². The molecule has 2 atom stereocenters. The van der Waals surface area contributed by atoms with Crippen molar-refractivity contribution < 1.29 is 19.4 Å². The van der Waals surface area contributed by atoms with Crippen LogP contribution in [0.3, 0.4) is 0 Å². The number of nitrogens with zero attached hydrogens (tertiary/aromatic N) is 1. The van der Waals surface area contributed by atoms with Crippen molar-refractivity contribution in [2.24, 2.45) is 11.3 Å². The van der Waals surface area contributed by atoms with Crippen LogP contribution in [0.25, 0.3) is 0 Å². The zero-order valence-corrected chi connectivity index (χ0v) is 13.7. The highest BCUT2D eigenvalue weighted by molar-refractivity contribution is 5.80. The molecule has 0 spiro atoms. The van der Waals surface area contributed by atoms with Gasteiger partial charge in [-0.15, -0.1) is 0 Å². The quantitative estimate of drug-likeness (QED) is 0.784. The van der Waals surface area contributed by atoms with Gasteiger partial charge in [-0.1, -0.05) is 24.6 Å². The van der Waals surface area contributed by atoms with E-state index in [9.17, 15) is 14.7 Å². The molecular formula is C18H24N2O4. The first-order chi connectivity index (χ1) is 11.6. The standard InChI is InChI=1S/C18H24N2O4/c21-16(22)18-9-4-6-14(18)12-20(13-18)17(23)19-10-5-11-24-15-7-2-1-3-8-15/h1-3,7-8,14H,4-6,9-13H2,(H,19,23)(H,21,22)/t14-,18+/m0/s1. The fourth-order valence-corrected chi connectivity index (χ4v) is 3.88. The van der Waals surface area contributed by atoms with E-state index in [1.54, 1.807) is 4.90 Å². The molecule has 0 radical (unpaired) electrons. The summed E-state index contributed by atoms with van der Waals surface area (Å²) in [5.41, 5.74) is -0.715. The Morgan fingerprint density at radius 2 is 2.12 bits per heavy atom. The largest absolute Gasteiger partial charge is 0.494 e. The minimum absolute atomic E-state index is 0.0992. The van der Waals surface area contributed by atoms with Gasteiger partial charge in [0.25, 0.3) is 0 Å². The van der Waals surface area contributed by atoms with Crippen LogP contribution in [0, 0.1) is 11.3 Å². The first kappa shape index (κ1) is 16.6. The highest BCUT2D eigenvalue weighted by atomic mass is 16.5. The molecule has 24 heavy (non-hydrogen) atoms. The monoisotopic (exact) mass is 332 g/mol. The van der Waals surface area contributed by atoms with Gasteiger partial charge >= 0.3 is 12.0 Å². The molecule has 6 heteroatoms. The molecule has 1 saturated carbocycles. The molecule has 1 saturated heterocycles. The topological polar surface area (TPSA) is 78.9 Å². The van der Waals surface area contributed by atoms with Crippen LogP contribution in [0.1, 0.15) is 25.7 Å². The second kappa shape index (κ2) is 7.11. The molecule has 0 unspecified atom stereocenters. The number of carbonyl (C=O) groups excluding carboxylic acids is 1. The summed E-state index contributed by atoms with van der Waals surface area (Å²) in [4.78, 5) is 25.6. The van der Waals surface area contributed by atoms with Crippen LogP contribution in [0.4, 0.5) is 4.79 Å². The van der Waals surface area contributed by atoms with Crippen LogP contribution in [0.2, 0.25) is 0 Å². The molecule has 1 aliphatic heterocycles. The van der Waals surface area contributed by atoms with Gasteiger partial charge in [-0.05, 0) is 37.3 Å². The van der Waals surface area contributed by atoms with Crippen LogP contribution in [0.5, 0.6) is 5.75 Å². The van der Waals surface area contributed by atoms with Crippen molar-refractivity contribution in [3.05, 3.63) is 30.3 Å². The number of amides is 2. The number of carbonyl (C=O) groups is 2. The minimum Gasteiger partial charge on any atom is -0.494 e. The zero-order chi connectivity index (χ0) is 17.0. The molecule has 6 nitrogen and oxygen atoms in total. The van der Waals surface area contributed by atoms with Gasteiger partial charge in [0.15, 0.2) is 0 Å². The summed E-state index contributed by atoms with van der Waals surface area (Å²) >= 11 is 0. The number of benzene rings is 1. The number of ether oxygens (including phenoxy) is 1. The number of likely N-dealkylation sites (tertiary alicyclic amines) is 1. The Hall–Kier alpha value is -2.24. The number of nitrogens with one attached hydrogen (secondary N) is 1. The second-order valence-electron chi connectivity index (χ2n) is 6.68. The fraction of sp³-hybridized carbons (Fsp3) is 0.556. The van der Waals surface area contributed by atoms with E-state index in [0.717, 1.165) is 18.6 Å². The van der Waals surface area contributed by atoms with E-state index in [1.807, 2.05) is 30.3 Å². The molecule has 0 bridgehead atoms. The highest BCUT2D eigenvalue weighted by Crippen LogP contribution is 2.48. The number of carboxylic acid groups (broad SMARTS) is 1. The Labute approximate surface area is 141 Å². The van der Waals surface area contributed by atoms with Crippen LogP contribution in [-0.2, 0) is 4.79 Å². The number of rotatable bonds is 6. The zero-order valence-electron chi connectivity index (χ0n) is 13.7. The summed E-state index contributed by atoms with van der Waals surface area (Å²) in [6.07, 6.45) is 3.24. The smallest absolute Gasteiger partial charge is 0.317 e. The van der Waals surface area contributed by atoms with Gasteiger partial charge in [-0.2, -0.15) is 0 Å². The third-order valence-electron chi connectivity index (χ3n) is 5.19. The summed E-state index contributed by atoms with van der Waals surface area (Å²) in [7, 11) is 0. The summed E-state index contributed by atoms with van der Waals surface area (Å²) in [5.74, 6) is 0.165. The maximum absolute atomic E-state index is 12.3. The Kier molecular flexibility index (Phi) is 4.92. The Morgan fingerprint density at radius 1 is 1.33 bits per heavy atom. The molecule has 1 heterocycles. The maximum atomic E-state index is 12.3. The van der Waals surface area contributed by atoms with Crippen molar-refractivity contribution in [1.82, 2.24) is 10.2 Å². The minimum atomic E-state index is -0.753. The average Bonchev–Trinajstić information content (AvgIpc) is 3.13. The van der Waals surface area contributed by atoms with Crippen LogP contribution in [0.15, 0.2) is 30.3 Å². The molecule has 2 N–H and O–H groups in total. The number of hydrogen-bond donors (Lipinski definition) is 2. The lowest BCUT2D eigenvalue weighted by molar-refractivity contribution is -0.149. The fourth-order valence-electron chi connectivity index (χ4n) is 3.88. The predicted octanol–water partition coefficient (Wildman–Crippen LogP) is 2.35. The number of urea groups is 1. The van der Waals surface area contributed by atoms with Gasteiger partial charge in [0.2, 0.25) is 0 Å². The van der Waals surface area contributed by atoms with Crippen molar-refractivity contribution >= 4 is 12.0 Å². The van der Waals surface area contributed by atoms with E-state index in [1.165, 1.54) is 0 Å². The van der Waals surface area contributed by atoms with Gasteiger partial charge in [0.1, 0.15) is 5.75 Å². The lowest BCUT2D eigenvalue weighted by atomic mass is 9.81. The third kappa shape index (κ3) is 3.32. The van der Waals surface area contributed by atoms with E-state index < -0.39 is 11.4 Å². The number of hydrogen-bond acceptors (Lipinski definition) is 3. The number of aliphatic carboxylic acids is 1. The maximum Gasteiger partial charge on any atom is 0.317 e. The van der Waals surface area contributed by atoms with E-state index in [4.69, 9.17) is 4.74 Å². The Bertz CT molecular complexity index is 592. The molecular weight excluding hydrogens is 308 g/mol. The molecule has 130 valence electrons. The van der Waals surface area contributed by atoms with Crippen molar-refractivity contribution in [3.8, 4) is 5.75 Å². The van der Waals surface area contributed by atoms with E-state index in [2.05, 4.69) is 5.32 Å². The molecule has 2 fully saturated rings. The van der Waals surface area contributed by atoms with Gasteiger partial charge in [-0.3, -0.25) is 4.79 Å². The lowest BCUT2D eigenvalue weighted by Gasteiger charge is -2.23. The first-order valence-electron chi connectivity index (χ1n) is 8.56. The summed E-state index contributed by atoms with van der Waals surface area (Å²) in [6, 6.07) is 9.39. The number of carboxylic acids is 1. The lowest BCUT2D eigenvalue weighted by Crippen LogP contribution is -2.42. The summed E-state index contributed by atoms with van der Waals surface area (Å²) in [6.45, 7) is 1.94. The molecule has 1 aromatic rings. The SMILES string of the molecule is O=C(NCCCOc1ccccc1)N1C[C@@H]2CCC[C@@]2(C(=O)O)C1. The van der Waals surface area contributed by atoms with E-state index in [-0.39, 0.29) is 11.9 Å². The predicted molar refractivity (Wildman–Crippen MR) is 88.9 cm³/mol. The van der Waals surface area contributed by atoms with E-state index >= 15 is 0 Å². The summed E-state index contributed by atoms with van der Waals surface area (Å²) in [5, 5.41) is 12.4. The molecule has 2 amide bonds. The van der Waals surface area contributed by atoms with Crippen molar-refractivity contribution in [2.45, 2.75) is 25.7 Å². The van der Waals surface area contributed by atoms with Gasteiger partial charge in [-0.25, -0.2) is 4.79 Å².